The molecule has 0 radical (unpaired) electrons. The maximum absolute atomic E-state index is 11.1. The van der Waals surface area contributed by atoms with E-state index in [4.69, 9.17) is 5.73 Å². The summed E-state index contributed by atoms with van der Waals surface area (Å²) in [6.45, 7) is 5.57. The van der Waals surface area contributed by atoms with E-state index < -0.39 is 10.8 Å². The molecule has 0 atom stereocenters. The second-order valence-corrected chi connectivity index (χ2v) is 4.37. The Labute approximate surface area is 117 Å². The molecule has 0 aliphatic rings. The summed E-state index contributed by atoms with van der Waals surface area (Å²) in [5.74, 6) is -0.415. The number of likely N-dealkylation sites (N-methyl/N-ethyl adjacent to an activating group) is 1. The van der Waals surface area contributed by atoms with Crippen molar-refractivity contribution >= 4 is 17.3 Å². The minimum atomic E-state index is -0.415. The van der Waals surface area contributed by atoms with Crippen LogP contribution in [-0.2, 0) is 11.3 Å². The zero-order valence-corrected chi connectivity index (χ0v) is 11.8. The molecule has 0 bridgehead atoms. The number of nitrogens with one attached hydrogen (secondary N) is 1. The third kappa shape index (κ3) is 4.20. The average molecular weight is 280 g/mol. The molecule has 0 aliphatic carbocycles. The molecule has 1 aromatic carbocycles. The third-order valence-corrected chi connectivity index (χ3v) is 2.90. The Morgan fingerprint density at radius 1 is 1.45 bits per heavy atom. The van der Waals surface area contributed by atoms with E-state index in [1.54, 1.807) is 6.07 Å². The summed E-state index contributed by atoms with van der Waals surface area (Å²) in [6.07, 6.45) is 0. The number of rotatable bonds is 8. The van der Waals surface area contributed by atoms with Crippen LogP contribution in [0.3, 0.4) is 0 Å². The number of nitrogens with two attached hydrogens (primary N) is 1. The first kappa shape index (κ1) is 15.9. The highest BCUT2D eigenvalue weighted by Crippen LogP contribution is 2.29. The van der Waals surface area contributed by atoms with Gasteiger partial charge in [-0.25, -0.2) is 0 Å². The van der Waals surface area contributed by atoms with Crippen LogP contribution in [0.1, 0.15) is 19.4 Å². The first-order valence-electron chi connectivity index (χ1n) is 6.50. The summed E-state index contributed by atoms with van der Waals surface area (Å²) in [5, 5.41) is 14.1. The number of primary amides is 1. The lowest BCUT2D eigenvalue weighted by Gasteiger charge is -2.20. The minimum absolute atomic E-state index is 0.0412. The van der Waals surface area contributed by atoms with Crippen LogP contribution in [-0.4, -0.2) is 35.4 Å². The summed E-state index contributed by atoms with van der Waals surface area (Å²) in [5.41, 5.74) is 6.52. The summed E-state index contributed by atoms with van der Waals surface area (Å²) in [7, 11) is 0. The van der Waals surface area contributed by atoms with Crippen molar-refractivity contribution in [3.63, 3.8) is 0 Å². The highest BCUT2D eigenvalue weighted by molar-refractivity contribution is 5.76. The monoisotopic (exact) mass is 280 g/mol. The smallest absolute Gasteiger partial charge is 0.292 e. The lowest BCUT2D eigenvalue weighted by Crippen LogP contribution is -2.33. The van der Waals surface area contributed by atoms with Gasteiger partial charge in [-0.05, 0) is 19.0 Å². The van der Waals surface area contributed by atoms with Gasteiger partial charge in [0.2, 0.25) is 5.91 Å². The number of carbonyl (C=O) groups is 1. The molecule has 1 rings (SSSR count). The summed E-state index contributed by atoms with van der Waals surface area (Å²) >= 11 is 0. The number of nitrogens with zero attached hydrogens (tertiary/aromatic N) is 2. The van der Waals surface area contributed by atoms with Crippen molar-refractivity contribution in [3.8, 4) is 0 Å². The molecule has 3 N–H and O–H groups in total. The summed E-state index contributed by atoms with van der Waals surface area (Å²) < 4.78 is 0. The maximum Gasteiger partial charge on any atom is 0.292 e. The Hall–Kier alpha value is -2.15. The molecule has 0 spiro atoms. The van der Waals surface area contributed by atoms with Crippen LogP contribution >= 0.6 is 0 Å². The van der Waals surface area contributed by atoms with Gasteiger partial charge in [0.15, 0.2) is 0 Å². The molecule has 7 nitrogen and oxygen atoms in total. The van der Waals surface area contributed by atoms with Crippen molar-refractivity contribution in [1.82, 2.24) is 4.90 Å². The number of nitro groups is 1. The largest absolute Gasteiger partial charge is 0.380 e. The molecule has 0 unspecified atom stereocenters. The van der Waals surface area contributed by atoms with Crippen molar-refractivity contribution in [3.05, 3.63) is 33.9 Å². The van der Waals surface area contributed by atoms with Crippen LogP contribution in [0.5, 0.6) is 0 Å². The lowest BCUT2D eigenvalue weighted by molar-refractivity contribution is -0.384. The van der Waals surface area contributed by atoms with Crippen molar-refractivity contribution in [1.29, 1.82) is 0 Å². The maximum atomic E-state index is 11.1. The molecule has 0 aromatic heterocycles. The Morgan fingerprint density at radius 3 is 2.65 bits per heavy atom. The van der Waals surface area contributed by atoms with E-state index in [1.807, 2.05) is 24.8 Å². The standard InChI is InChI=1S/C13H20N4O3/c1-3-15-13-10(6-5-7-11(13)17(19)20)8-16(4-2)9-12(14)18/h5-7,15H,3-4,8-9H2,1-2H3,(H2,14,18). The number of hydrogen-bond acceptors (Lipinski definition) is 5. The van der Waals surface area contributed by atoms with Crippen molar-refractivity contribution in [2.45, 2.75) is 20.4 Å². The molecule has 1 amide bonds. The number of para-hydroxylation sites is 1. The van der Waals surface area contributed by atoms with E-state index >= 15 is 0 Å². The summed E-state index contributed by atoms with van der Waals surface area (Å²) in [6, 6.07) is 4.92. The van der Waals surface area contributed by atoms with Gasteiger partial charge in [-0.1, -0.05) is 19.1 Å². The SMILES string of the molecule is CCNc1c(CN(CC)CC(N)=O)cccc1[N+](=O)[O-]. The molecule has 0 saturated carbocycles. The van der Waals surface area contributed by atoms with Gasteiger partial charge in [0, 0.05) is 19.2 Å². The van der Waals surface area contributed by atoms with E-state index in [0.717, 1.165) is 5.56 Å². The molecular weight excluding hydrogens is 260 g/mol. The number of benzene rings is 1. The van der Waals surface area contributed by atoms with Gasteiger partial charge >= 0.3 is 0 Å². The first-order valence-corrected chi connectivity index (χ1v) is 6.50. The minimum Gasteiger partial charge on any atom is -0.380 e. The van der Waals surface area contributed by atoms with Crippen molar-refractivity contribution < 1.29 is 9.72 Å². The third-order valence-electron chi connectivity index (χ3n) is 2.90. The van der Waals surface area contributed by atoms with Gasteiger partial charge in [0.1, 0.15) is 5.69 Å². The molecule has 20 heavy (non-hydrogen) atoms. The van der Waals surface area contributed by atoms with Crippen LogP contribution in [0, 0.1) is 10.1 Å². The Balaban J connectivity index is 3.06. The van der Waals surface area contributed by atoms with Crippen LogP contribution in [0.15, 0.2) is 18.2 Å². The van der Waals surface area contributed by atoms with E-state index in [1.165, 1.54) is 6.07 Å². The quantitative estimate of drug-likeness (QED) is 0.552. The predicted molar refractivity (Wildman–Crippen MR) is 77.4 cm³/mol. The van der Waals surface area contributed by atoms with Crippen molar-refractivity contribution in [2.24, 2.45) is 5.73 Å². The average Bonchev–Trinajstić information content (AvgIpc) is 2.39. The lowest BCUT2D eigenvalue weighted by atomic mass is 10.1. The predicted octanol–water partition coefficient (Wildman–Crippen LogP) is 1.33. The van der Waals surface area contributed by atoms with Crippen LogP contribution in [0.4, 0.5) is 11.4 Å². The Kier molecular flexibility index (Phi) is 5.92. The molecule has 1 aromatic rings. The fourth-order valence-electron chi connectivity index (χ4n) is 1.99. The molecular formula is C13H20N4O3. The summed E-state index contributed by atoms with van der Waals surface area (Å²) in [4.78, 5) is 23.5. The molecule has 110 valence electrons. The number of amides is 1. The second-order valence-electron chi connectivity index (χ2n) is 4.37. The highest BCUT2D eigenvalue weighted by atomic mass is 16.6. The topological polar surface area (TPSA) is 102 Å². The van der Waals surface area contributed by atoms with E-state index in [0.29, 0.717) is 25.3 Å². The van der Waals surface area contributed by atoms with Gasteiger partial charge in [0.05, 0.1) is 11.5 Å². The van der Waals surface area contributed by atoms with Crippen LogP contribution < -0.4 is 11.1 Å². The number of hydrogen-bond donors (Lipinski definition) is 2. The normalized spacial score (nSPS) is 10.6. The van der Waals surface area contributed by atoms with Gasteiger partial charge in [-0.2, -0.15) is 0 Å². The van der Waals surface area contributed by atoms with Gasteiger partial charge in [-0.15, -0.1) is 0 Å². The Bertz CT molecular complexity index is 491. The zero-order chi connectivity index (χ0) is 15.1. The van der Waals surface area contributed by atoms with Gasteiger partial charge in [-0.3, -0.25) is 19.8 Å². The zero-order valence-electron chi connectivity index (χ0n) is 11.8. The van der Waals surface area contributed by atoms with Gasteiger partial charge < -0.3 is 11.1 Å². The molecule has 0 saturated heterocycles. The van der Waals surface area contributed by atoms with E-state index in [9.17, 15) is 14.9 Å². The molecule has 7 heteroatoms. The Morgan fingerprint density at radius 2 is 2.15 bits per heavy atom. The number of anilines is 1. The number of nitro benzene ring substituents is 1. The second kappa shape index (κ2) is 7.44. The van der Waals surface area contributed by atoms with Crippen LogP contribution in [0.25, 0.3) is 0 Å². The van der Waals surface area contributed by atoms with E-state index in [2.05, 4.69) is 5.32 Å². The fourth-order valence-corrected chi connectivity index (χ4v) is 1.99. The number of carbonyl (C=O) groups excluding carboxylic acids is 1. The first-order chi connectivity index (χ1) is 9.49. The fraction of sp³-hybridized carbons (Fsp3) is 0.462. The van der Waals surface area contributed by atoms with Gasteiger partial charge in [0.25, 0.3) is 5.69 Å². The highest BCUT2D eigenvalue weighted by Gasteiger charge is 2.18. The molecule has 0 heterocycles. The van der Waals surface area contributed by atoms with E-state index in [-0.39, 0.29) is 12.2 Å². The molecule has 0 aliphatic heterocycles. The van der Waals surface area contributed by atoms with Crippen molar-refractivity contribution in [2.75, 3.05) is 25.0 Å². The molecule has 0 fully saturated rings. The van der Waals surface area contributed by atoms with Crippen LogP contribution in [0.2, 0.25) is 0 Å².